The van der Waals surface area contributed by atoms with Gasteiger partial charge >= 0.3 is 0 Å². The third-order valence-corrected chi connectivity index (χ3v) is 4.36. The molecule has 3 rings (SSSR count). The summed E-state index contributed by atoms with van der Waals surface area (Å²) in [6.45, 7) is 0.892. The van der Waals surface area contributed by atoms with Gasteiger partial charge in [-0.1, -0.05) is 60.7 Å². The van der Waals surface area contributed by atoms with E-state index >= 15 is 0 Å². The largest absolute Gasteiger partial charge is 0.337 e. The lowest BCUT2D eigenvalue weighted by Crippen LogP contribution is -2.32. The molecule has 0 saturated heterocycles. The summed E-state index contributed by atoms with van der Waals surface area (Å²) >= 11 is 0. The van der Waals surface area contributed by atoms with Crippen molar-refractivity contribution in [1.29, 1.82) is 5.26 Å². The smallest absolute Gasteiger partial charge is 0.227 e. The van der Waals surface area contributed by atoms with E-state index in [4.69, 9.17) is 5.26 Å². The van der Waals surface area contributed by atoms with Crippen LogP contribution >= 0.6 is 0 Å². The molecule has 0 spiro atoms. The van der Waals surface area contributed by atoms with Gasteiger partial charge in [0.25, 0.3) is 0 Å². The monoisotopic (exact) mass is 355 g/mol. The molecule has 0 N–H and O–H groups in total. The summed E-state index contributed by atoms with van der Waals surface area (Å²) in [6, 6.07) is 24.1. The number of pyridine rings is 1. The molecule has 0 unspecified atom stereocenters. The van der Waals surface area contributed by atoms with Crippen LogP contribution in [0.3, 0.4) is 0 Å². The van der Waals surface area contributed by atoms with E-state index in [1.54, 1.807) is 17.3 Å². The Bertz CT molecular complexity index is 900. The van der Waals surface area contributed by atoms with E-state index in [0.29, 0.717) is 25.9 Å². The van der Waals surface area contributed by atoms with Gasteiger partial charge in [0.2, 0.25) is 5.91 Å². The maximum atomic E-state index is 12.8. The summed E-state index contributed by atoms with van der Waals surface area (Å²) in [6.07, 6.45) is 4.10. The zero-order chi connectivity index (χ0) is 18.9. The Morgan fingerprint density at radius 2 is 1.67 bits per heavy atom. The minimum Gasteiger partial charge on any atom is -0.337 e. The number of rotatable bonds is 7. The lowest BCUT2D eigenvalue weighted by Gasteiger charge is -2.22. The van der Waals surface area contributed by atoms with E-state index < -0.39 is 0 Å². The van der Waals surface area contributed by atoms with E-state index in [9.17, 15) is 4.79 Å². The van der Waals surface area contributed by atoms with E-state index in [1.165, 1.54) is 0 Å². The molecule has 134 valence electrons. The van der Waals surface area contributed by atoms with Crippen molar-refractivity contribution in [2.75, 3.05) is 6.54 Å². The molecule has 0 aliphatic heterocycles. The maximum absolute atomic E-state index is 12.8. The summed E-state index contributed by atoms with van der Waals surface area (Å²) in [5, 5.41) is 8.89. The van der Waals surface area contributed by atoms with Gasteiger partial charge < -0.3 is 4.90 Å². The first-order chi connectivity index (χ1) is 13.3. The molecule has 0 aliphatic carbocycles. The first kappa shape index (κ1) is 18.3. The zero-order valence-electron chi connectivity index (χ0n) is 15.1. The van der Waals surface area contributed by atoms with Gasteiger partial charge in [-0.25, -0.2) is 0 Å². The van der Waals surface area contributed by atoms with Crippen LogP contribution in [0.1, 0.15) is 17.5 Å². The van der Waals surface area contributed by atoms with Crippen molar-refractivity contribution in [3.05, 3.63) is 90.3 Å². The molecule has 0 fully saturated rings. The Kier molecular flexibility index (Phi) is 6.32. The number of benzene rings is 2. The highest BCUT2D eigenvalue weighted by molar-refractivity contribution is 5.79. The minimum absolute atomic E-state index is 0.0153. The second-order valence-corrected chi connectivity index (χ2v) is 6.32. The van der Waals surface area contributed by atoms with E-state index in [-0.39, 0.29) is 5.91 Å². The number of hydrogen-bond acceptors (Lipinski definition) is 3. The van der Waals surface area contributed by atoms with Crippen LogP contribution in [0.4, 0.5) is 0 Å². The van der Waals surface area contributed by atoms with Crippen LogP contribution in [-0.2, 0) is 17.8 Å². The van der Waals surface area contributed by atoms with Crippen LogP contribution in [0.5, 0.6) is 0 Å². The van der Waals surface area contributed by atoms with Crippen molar-refractivity contribution in [3.63, 3.8) is 0 Å². The molecule has 0 bridgehead atoms. The lowest BCUT2D eigenvalue weighted by atomic mass is 10.0. The van der Waals surface area contributed by atoms with Crippen LogP contribution in [0.2, 0.25) is 0 Å². The minimum atomic E-state index is 0.0153. The number of amides is 1. The zero-order valence-corrected chi connectivity index (χ0v) is 15.1. The third kappa shape index (κ3) is 5.26. The Morgan fingerprint density at radius 3 is 2.33 bits per heavy atom. The molecule has 0 atom stereocenters. The van der Waals surface area contributed by atoms with Gasteiger partial charge in [0.15, 0.2) is 0 Å². The quantitative estimate of drug-likeness (QED) is 0.637. The highest BCUT2D eigenvalue weighted by Crippen LogP contribution is 2.19. The van der Waals surface area contributed by atoms with E-state index in [0.717, 1.165) is 22.3 Å². The number of nitrogens with zero attached hydrogens (tertiary/aromatic N) is 3. The fourth-order valence-corrected chi connectivity index (χ4v) is 2.92. The average molecular weight is 355 g/mol. The van der Waals surface area contributed by atoms with Gasteiger partial charge in [0.05, 0.1) is 18.9 Å². The van der Waals surface area contributed by atoms with Crippen LogP contribution < -0.4 is 0 Å². The number of carbonyl (C=O) groups is 1. The van der Waals surface area contributed by atoms with Crippen molar-refractivity contribution in [2.45, 2.75) is 19.4 Å². The van der Waals surface area contributed by atoms with Gasteiger partial charge in [-0.05, 0) is 28.3 Å². The summed E-state index contributed by atoms with van der Waals surface area (Å²) < 4.78 is 0. The molecule has 0 radical (unpaired) electrons. The number of aromatic nitrogens is 1. The van der Waals surface area contributed by atoms with Gasteiger partial charge in [0.1, 0.15) is 0 Å². The second-order valence-electron chi connectivity index (χ2n) is 6.32. The molecule has 2 aromatic carbocycles. The second kappa shape index (κ2) is 9.30. The third-order valence-electron chi connectivity index (χ3n) is 4.36. The fraction of sp³-hybridized carbons (Fsp3) is 0.174. The van der Waals surface area contributed by atoms with E-state index in [2.05, 4.69) is 23.2 Å². The van der Waals surface area contributed by atoms with Crippen LogP contribution in [-0.4, -0.2) is 22.3 Å². The Morgan fingerprint density at radius 1 is 0.926 bits per heavy atom. The lowest BCUT2D eigenvalue weighted by molar-refractivity contribution is -0.131. The summed E-state index contributed by atoms with van der Waals surface area (Å²) in [5.74, 6) is 0.0153. The van der Waals surface area contributed by atoms with Gasteiger partial charge in [-0.15, -0.1) is 0 Å². The Hall–Kier alpha value is -3.45. The topological polar surface area (TPSA) is 57.0 Å². The first-order valence-corrected chi connectivity index (χ1v) is 8.94. The highest BCUT2D eigenvalue weighted by Gasteiger charge is 2.14. The molecule has 1 amide bonds. The molecule has 4 heteroatoms. The normalized spacial score (nSPS) is 10.2. The van der Waals surface area contributed by atoms with E-state index in [1.807, 2.05) is 54.6 Å². The van der Waals surface area contributed by atoms with Gasteiger partial charge in [-0.3, -0.25) is 9.78 Å². The first-order valence-electron chi connectivity index (χ1n) is 8.94. The molecule has 0 saturated carbocycles. The molecule has 0 aliphatic rings. The predicted molar refractivity (Wildman–Crippen MR) is 105 cm³/mol. The standard InChI is InChI=1S/C23H21N3O/c24-13-5-15-26(18-20-6-4-14-25-17-20)23(27)16-19-9-11-22(12-10-19)21-7-2-1-3-8-21/h1-4,6-12,14,17H,5,15-16,18H2. The molecule has 4 nitrogen and oxygen atoms in total. The van der Waals surface area contributed by atoms with Gasteiger partial charge in [0, 0.05) is 25.5 Å². The van der Waals surface area contributed by atoms with Crippen molar-refractivity contribution in [2.24, 2.45) is 0 Å². The predicted octanol–water partition coefficient (Wildman–Crippen LogP) is 4.23. The Balaban J connectivity index is 1.68. The average Bonchev–Trinajstić information content (AvgIpc) is 2.73. The molecular weight excluding hydrogens is 334 g/mol. The number of carbonyl (C=O) groups excluding carboxylic acids is 1. The molecule has 27 heavy (non-hydrogen) atoms. The van der Waals surface area contributed by atoms with Crippen molar-refractivity contribution < 1.29 is 4.79 Å². The van der Waals surface area contributed by atoms with Crippen LogP contribution in [0.25, 0.3) is 11.1 Å². The highest BCUT2D eigenvalue weighted by atomic mass is 16.2. The SMILES string of the molecule is N#CCCN(Cc1cccnc1)C(=O)Cc1ccc(-c2ccccc2)cc1. The van der Waals surface area contributed by atoms with Crippen LogP contribution in [0.15, 0.2) is 79.1 Å². The summed E-state index contributed by atoms with van der Waals surface area (Å²) in [4.78, 5) is 18.6. The maximum Gasteiger partial charge on any atom is 0.227 e. The fourth-order valence-electron chi connectivity index (χ4n) is 2.92. The Labute approximate surface area is 159 Å². The number of nitriles is 1. The number of hydrogen-bond donors (Lipinski definition) is 0. The van der Waals surface area contributed by atoms with Crippen molar-refractivity contribution in [1.82, 2.24) is 9.88 Å². The molecule has 1 aromatic heterocycles. The van der Waals surface area contributed by atoms with Crippen molar-refractivity contribution in [3.8, 4) is 17.2 Å². The van der Waals surface area contributed by atoms with Crippen LogP contribution in [0, 0.1) is 11.3 Å². The molecule has 1 heterocycles. The molecule has 3 aromatic rings. The summed E-state index contributed by atoms with van der Waals surface area (Å²) in [7, 11) is 0. The molecular formula is C23H21N3O. The summed E-state index contributed by atoms with van der Waals surface area (Å²) in [5.41, 5.74) is 4.21. The van der Waals surface area contributed by atoms with Gasteiger partial charge in [-0.2, -0.15) is 5.26 Å². The van der Waals surface area contributed by atoms with Crippen molar-refractivity contribution >= 4 is 5.91 Å².